The minimum Gasteiger partial charge on any atom is -0.312 e. The van der Waals surface area contributed by atoms with Crippen LogP contribution in [0, 0.1) is 5.92 Å². The highest BCUT2D eigenvalue weighted by atomic mass is 16.1. The molecule has 1 aromatic heterocycles. The lowest BCUT2D eigenvalue weighted by molar-refractivity contribution is 0.321. The van der Waals surface area contributed by atoms with Crippen molar-refractivity contribution >= 4 is 0 Å². The highest BCUT2D eigenvalue weighted by Gasteiger charge is 2.34. The lowest BCUT2D eigenvalue weighted by atomic mass is 9.80. The fourth-order valence-corrected chi connectivity index (χ4v) is 3.11. The molecule has 2 aliphatic rings. The normalized spacial score (nSPS) is 29.7. The molecule has 0 radical (unpaired) electrons. The third kappa shape index (κ3) is 1.06. The fraction of sp³-hybridized carbons (Fsp3) is 0.583. The molecule has 1 aliphatic carbocycles. The molecule has 2 heterocycles. The summed E-state index contributed by atoms with van der Waals surface area (Å²) in [5.74, 6) is 1.43. The van der Waals surface area contributed by atoms with Crippen LogP contribution in [0.15, 0.2) is 23.0 Å². The van der Waals surface area contributed by atoms with Crippen molar-refractivity contribution < 1.29 is 0 Å². The van der Waals surface area contributed by atoms with Gasteiger partial charge in [0.25, 0.3) is 5.56 Å². The number of aromatic nitrogens is 1. The maximum absolute atomic E-state index is 11.6. The van der Waals surface area contributed by atoms with Crippen molar-refractivity contribution in [2.75, 3.05) is 0 Å². The molecule has 0 N–H and O–H groups in total. The average molecular weight is 189 g/mol. The van der Waals surface area contributed by atoms with Crippen molar-refractivity contribution in [3.63, 3.8) is 0 Å². The van der Waals surface area contributed by atoms with E-state index in [2.05, 4.69) is 6.07 Å². The first kappa shape index (κ1) is 8.27. The maximum Gasteiger partial charge on any atom is 0.250 e. The van der Waals surface area contributed by atoms with E-state index in [-0.39, 0.29) is 5.56 Å². The number of pyridine rings is 1. The fourth-order valence-electron chi connectivity index (χ4n) is 3.11. The molecule has 3 rings (SSSR count). The minimum atomic E-state index is 0.192. The number of hydrogen-bond acceptors (Lipinski definition) is 1. The van der Waals surface area contributed by atoms with Crippen LogP contribution >= 0.6 is 0 Å². The summed E-state index contributed by atoms with van der Waals surface area (Å²) in [6, 6.07) is 5.73. The van der Waals surface area contributed by atoms with Gasteiger partial charge in [-0.1, -0.05) is 18.9 Å². The van der Waals surface area contributed by atoms with E-state index >= 15 is 0 Å². The van der Waals surface area contributed by atoms with Crippen LogP contribution in [0.5, 0.6) is 0 Å². The number of rotatable bonds is 0. The second-order valence-electron chi connectivity index (χ2n) is 4.55. The highest BCUT2D eigenvalue weighted by Crippen LogP contribution is 2.42. The topological polar surface area (TPSA) is 22.0 Å². The van der Waals surface area contributed by atoms with E-state index in [0.29, 0.717) is 5.92 Å². The summed E-state index contributed by atoms with van der Waals surface area (Å²) in [5.41, 5.74) is 1.49. The molecule has 74 valence electrons. The van der Waals surface area contributed by atoms with Crippen LogP contribution in [0.4, 0.5) is 0 Å². The van der Waals surface area contributed by atoms with Crippen LogP contribution in [-0.4, -0.2) is 4.57 Å². The maximum atomic E-state index is 11.6. The molecular weight excluding hydrogens is 174 g/mol. The van der Waals surface area contributed by atoms with Gasteiger partial charge in [-0.15, -0.1) is 0 Å². The zero-order valence-corrected chi connectivity index (χ0v) is 8.28. The Morgan fingerprint density at radius 2 is 2.07 bits per heavy atom. The van der Waals surface area contributed by atoms with Gasteiger partial charge in [-0.3, -0.25) is 4.79 Å². The standard InChI is InChI=1S/C12H15NO/c14-12-7-3-6-11-10-5-2-1-4-9(10)8-13(11)12/h3,6-7,9-10H,1-2,4-5,8H2/t9-,10-/m0/s1. The van der Waals surface area contributed by atoms with Gasteiger partial charge in [0, 0.05) is 24.2 Å². The van der Waals surface area contributed by atoms with E-state index in [1.54, 1.807) is 6.07 Å². The highest BCUT2D eigenvalue weighted by molar-refractivity contribution is 5.18. The van der Waals surface area contributed by atoms with Crippen molar-refractivity contribution in [3.05, 3.63) is 34.2 Å². The van der Waals surface area contributed by atoms with Crippen LogP contribution in [-0.2, 0) is 6.54 Å². The van der Waals surface area contributed by atoms with Crippen molar-refractivity contribution in [1.82, 2.24) is 4.57 Å². The smallest absolute Gasteiger partial charge is 0.250 e. The van der Waals surface area contributed by atoms with Crippen molar-refractivity contribution in [2.45, 2.75) is 38.1 Å². The Bertz CT molecular complexity index is 407. The van der Waals surface area contributed by atoms with E-state index in [4.69, 9.17) is 0 Å². The summed E-state index contributed by atoms with van der Waals surface area (Å²) in [6.45, 7) is 0.972. The molecule has 2 nitrogen and oxygen atoms in total. The van der Waals surface area contributed by atoms with Gasteiger partial charge in [0.2, 0.25) is 0 Å². The molecule has 2 heteroatoms. The van der Waals surface area contributed by atoms with Crippen LogP contribution in [0.2, 0.25) is 0 Å². The van der Waals surface area contributed by atoms with Crippen molar-refractivity contribution in [3.8, 4) is 0 Å². The van der Waals surface area contributed by atoms with E-state index in [1.165, 1.54) is 31.4 Å². The summed E-state index contributed by atoms with van der Waals surface area (Å²) >= 11 is 0. The second kappa shape index (κ2) is 2.97. The first-order valence-corrected chi connectivity index (χ1v) is 5.56. The van der Waals surface area contributed by atoms with Crippen LogP contribution in [0.1, 0.15) is 37.3 Å². The van der Waals surface area contributed by atoms with Gasteiger partial charge in [-0.05, 0) is 24.8 Å². The monoisotopic (exact) mass is 189 g/mol. The van der Waals surface area contributed by atoms with Gasteiger partial charge >= 0.3 is 0 Å². The Balaban J connectivity index is 2.09. The molecular formula is C12H15NO. The van der Waals surface area contributed by atoms with Gasteiger partial charge in [-0.25, -0.2) is 0 Å². The summed E-state index contributed by atoms with van der Waals surface area (Å²) in [5, 5.41) is 0. The SMILES string of the molecule is O=c1cccc2n1C[C@@H]1CCCC[C@H]21. The van der Waals surface area contributed by atoms with E-state index in [0.717, 1.165) is 12.5 Å². The molecule has 1 aromatic rings. The summed E-state index contributed by atoms with van der Waals surface area (Å²) in [7, 11) is 0. The molecule has 1 saturated carbocycles. The number of fused-ring (bicyclic) bond motifs is 3. The van der Waals surface area contributed by atoms with E-state index in [1.807, 2.05) is 10.6 Å². The zero-order chi connectivity index (χ0) is 9.54. The molecule has 0 saturated heterocycles. The number of nitrogens with zero attached hydrogens (tertiary/aromatic N) is 1. The molecule has 0 unspecified atom stereocenters. The predicted molar refractivity (Wildman–Crippen MR) is 55.4 cm³/mol. The van der Waals surface area contributed by atoms with Gasteiger partial charge < -0.3 is 4.57 Å². The molecule has 0 aromatic carbocycles. The lowest BCUT2D eigenvalue weighted by Crippen LogP contribution is -2.18. The Labute approximate surface area is 83.6 Å². The Morgan fingerprint density at radius 3 is 3.00 bits per heavy atom. The van der Waals surface area contributed by atoms with Crippen LogP contribution in [0.25, 0.3) is 0 Å². The molecule has 2 atom stereocenters. The lowest BCUT2D eigenvalue weighted by Gasteiger charge is -2.23. The summed E-state index contributed by atoms with van der Waals surface area (Å²) in [6.07, 6.45) is 5.29. The quantitative estimate of drug-likeness (QED) is 0.613. The van der Waals surface area contributed by atoms with E-state index in [9.17, 15) is 4.79 Å². The van der Waals surface area contributed by atoms with Gasteiger partial charge in [0.15, 0.2) is 0 Å². The number of hydrogen-bond donors (Lipinski definition) is 0. The average Bonchev–Trinajstić information content (AvgIpc) is 2.59. The Morgan fingerprint density at radius 1 is 1.21 bits per heavy atom. The van der Waals surface area contributed by atoms with E-state index < -0.39 is 0 Å². The largest absolute Gasteiger partial charge is 0.312 e. The van der Waals surface area contributed by atoms with Gasteiger partial charge in [0.1, 0.15) is 0 Å². The molecule has 0 bridgehead atoms. The zero-order valence-electron chi connectivity index (χ0n) is 8.28. The van der Waals surface area contributed by atoms with Gasteiger partial charge in [0.05, 0.1) is 0 Å². The first-order valence-electron chi connectivity index (χ1n) is 5.56. The first-order chi connectivity index (χ1) is 6.86. The molecule has 0 spiro atoms. The summed E-state index contributed by atoms with van der Waals surface area (Å²) in [4.78, 5) is 11.6. The third-order valence-corrected chi connectivity index (χ3v) is 3.79. The Hall–Kier alpha value is -1.05. The molecule has 1 fully saturated rings. The third-order valence-electron chi connectivity index (χ3n) is 3.79. The summed E-state index contributed by atoms with van der Waals surface area (Å²) < 4.78 is 1.99. The minimum absolute atomic E-state index is 0.192. The molecule has 0 amide bonds. The Kier molecular flexibility index (Phi) is 1.76. The van der Waals surface area contributed by atoms with Crippen molar-refractivity contribution in [2.24, 2.45) is 5.92 Å². The van der Waals surface area contributed by atoms with Crippen molar-refractivity contribution in [1.29, 1.82) is 0 Å². The molecule has 14 heavy (non-hydrogen) atoms. The predicted octanol–water partition coefficient (Wildman–Crippen LogP) is 2.14. The second-order valence-corrected chi connectivity index (χ2v) is 4.55. The molecule has 1 aliphatic heterocycles. The van der Waals surface area contributed by atoms with Gasteiger partial charge in [-0.2, -0.15) is 0 Å². The van der Waals surface area contributed by atoms with Crippen LogP contribution < -0.4 is 5.56 Å². The van der Waals surface area contributed by atoms with Crippen LogP contribution in [0.3, 0.4) is 0 Å².